The van der Waals surface area contributed by atoms with Gasteiger partial charge in [-0.25, -0.2) is 4.39 Å². The van der Waals surface area contributed by atoms with Gasteiger partial charge in [0.05, 0.1) is 25.4 Å². The molecule has 1 aromatic heterocycles. The molecule has 0 bridgehead atoms. The van der Waals surface area contributed by atoms with Crippen LogP contribution in [0.1, 0.15) is 12.0 Å². The molecule has 0 saturated carbocycles. The van der Waals surface area contributed by atoms with Crippen molar-refractivity contribution in [1.29, 1.82) is 0 Å². The number of anilines is 1. The molecule has 3 rings (SSSR count). The van der Waals surface area contributed by atoms with Crippen molar-refractivity contribution in [3.05, 3.63) is 48.0 Å². The van der Waals surface area contributed by atoms with Crippen molar-refractivity contribution in [3.8, 4) is 5.88 Å². The second-order valence-corrected chi connectivity index (χ2v) is 6.25. The molecular formula is C18H21FN4O2. The molecule has 1 aliphatic rings. The monoisotopic (exact) mass is 344 g/mol. The smallest absolute Gasteiger partial charge is 0.234 e. The van der Waals surface area contributed by atoms with E-state index in [-0.39, 0.29) is 24.2 Å². The maximum absolute atomic E-state index is 13.7. The fourth-order valence-electron chi connectivity index (χ4n) is 2.75. The summed E-state index contributed by atoms with van der Waals surface area (Å²) in [7, 11) is 3.76. The Kier molecular flexibility index (Phi) is 5.11. The van der Waals surface area contributed by atoms with Gasteiger partial charge < -0.3 is 14.5 Å². The number of nitrogens with zero attached hydrogens (tertiary/aromatic N) is 4. The van der Waals surface area contributed by atoms with Crippen LogP contribution in [0.15, 0.2) is 36.7 Å². The van der Waals surface area contributed by atoms with Crippen LogP contribution in [0.4, 0.5) is 10.2 Å². The number of likely N-dealkylation sites (tertiary alicyclic amines) is 1. The van der Waals surface area contributed by atoms with Crippen LogP contribution >= 0.6 is 0 Å². The average molecular weight is 344 g/mol. The quantitative estimate of drug-likeness (QED) is 0.829. The molecule has 0 spiro atoms. The summed E-state index contributed by atoms with van der Waals surface area (Å²) < 4.78 is 19.5. The number of carbonyl (C=O) groups excluding carboxylic acids is 1. The standard InChI is InChI=1S/C18H21FN4O2/c1-22(2)16-10-20-11-17(21-16)25-14-7-8-23(12-14)18(24)9-13-5-3-4-6-15(13)19/h3-6,10-11,14H,7-9,12H2,1-2H3/t14-/m1/s1. The SMILES string of the molecule is CN(C)c1cncc(O[C@@H]2CCN(C(=O)Cc3ccccc3F)C2)n1. The molecule has 1 aliphatic heterocycles. The molecule has 7 heteroatoms. The Hall–Kier alpha value is -2.70. The lowest BCUT2D eigenvalue weighted by Crippen LogP contribution is -2.32. The number of amides is 1. The highest BCUT2D eigenvalue weighted by Gasteiger charge is 2.28. The predicted octanol–water partition coefficient (Wildman–Crippen LogP) is 1.90. The Morgan fingerprint density at radius 1 is 1.36 bits per heavy atom. The zero-order chi connectivity index (χ0) is 17.8. The average Bonchev–Trinajstić information content (AvgIpc) is 3.06. The Bertz CT molecular complexity index is 753. The highest BCUT2D eigenvalue weighted by Crippen LogP contribution is 2.19. The van der Waals surface area contributed by atoms with Gasteiger partial charge in [0, 0.05) is 27.1 Å². The summed E-state index contributed by atoms with van der Waals surface area (Å²) in [6.07, 6.45) is 3.88. The third-order valence-electron chi connectivity index (χ3n) is 4.14. The maximum atomic E-state index is 13.7. The van der Waals surface area contributed by atoms with Gasteiger partial charge in [-0.05, 0) is 11.6 Å². The van der Waals surface area contributed by atoms with E-state index in [2.05, 4.69) is 9.97 Å². The van der Waals surface area contributed by atoms with Crippen LogP contribution in [-0.4, -0.2) is 54.1 Å². The van der Waals surface area contributed by atoms with Crippen LogP contribution in [0.2, 0.25) is 0 Å². The summed E-state index contributed by atoms with van der Waals surface area (Å²) >= 11 is 0. The Morgan fingerprint density at radius 3 is 2.92 bits per heavy atom. The van der Waals surface area contributed by atoms with E-state index in [1.807, 2.05) is 19.0 Å². The second-order valence-electron chi connectivity index (χ2n) is 6.25. The molecule has 0 unspecified atom stereocenters. The van der Waals surface area contributed by atoms with Crippen LogP contribution < -0.4 is 9.64 Å². The number of ether oxygens (including phenoxy) is 1. The van der Waals surface area contributed by atoms with E-state index < -0.39 is 0 Å². The molecule has 1 atom stereocenters. The third-order valence-corrected chi connectivity index (χ3v) is 4.14. The maximum Gasteiger partial charge on any atom is 0.234 e. The number of halogens is 1. The van der Waals surface area contributed by atoms with Crippen molar-refractivity contribution >= 4 is 11.7 Å². The van der Waals surface area contributed by atoms with Crippen LogP contribution in [0.3, 0.4) is 0 Å². The minimum Gasteiger partial charge on any atom is -0.471 e. The van der Waals surface area contributed by atoms with E-state index >= 15 is 0 Å². The van der Waals surface area contributed by atoms with Crippen molar-refractivity contribution < 1.29 is 13.9 Å². The first-order valence-electron chi connectivity index (χ1n) is 8.20. The summed E-state index contributed by atoms with van der Waals surface area (Å²) in [5, 5.41) is 0. The minimum absolute atomic E-state index is 0.0648. The van der Waals surface area contributed by atoms with Gasteiger partial charge in [0.1, 0.15) is 11.9 Å². The molecule has 25 heavy (non-hydrogen) atoms. The van der Waals surface area contributed by atoms with Crippen molar-refractivity contribution in [1.82, 2.24) is 14.9 Å². The molecule has 1 fully saturated rings. The van der Waals surface area contributed by atoms with E-state index in [0.717, 1.165) is 6.42 Å². The van der Waals surface area contributed by atoms with Crippen LogP contribution in [0.5, 0.6) is 5.88 Å². The number of carbonyl (C=O) groups is 1. The lowest BCUT2D eigenvalue weighted by Gasteiger charge is -2.18. The first kappa shape index (κ1) is 17.1. The highest BCUT2D eigenvalue weighted by molar-refractivity contribution is 5.79. The molecule has 6 nitrogen and oxygen atoms in total. The van der Waals surface area contributed by atoms with Crippen molar-refractivity contribution in [2.75, 3.05) is 32.1 Å². The molecular weight excluding hydrogens is 323 g/mol. The van der Waals surface area contributed by atoms with E-state index in [4.69, 9.17) is 4.74 Å². The fraction of sp³-hybridized carbons (Fsp3) is 0.389. The summed E-state index contributed by atoms with van der Waals surface area (Å²) in [4.78, 5) is 24.4. The summed E-state index contributed by atoms with van der Waals surface area (Å²) in [5.74, 6) is 0.713. The Labute approximate surface area is 146 Å². The van der Waals surface area contributed by atoms with E-state index in [1.165, 1.54) is 6.07 Å². The number of benzene rings is 1. The van der Waals surface area contributed by atoms with Gasteiger partial charge in [0.25, 0.3) is 0 Å². The summed E-state index contributed by atoms with van der Waals surface area (Å²) in [5.41, 5.74) is 0.418. The molecule has 2 aromatic rings. The van der Waals surface area contributed by atoms with Gasteiger partial charge in [-0.2, -0.15) is 4.98 Å². The molecule has 0 N–H and O–H groups in total. The van der Waals surface area contributed by atoms with E-state index in [1.54, 1.807) is 35.5 Å². The number of rotatable bonds is 5. The van der Waals surface area contributed by atoms with Crippen molar-refractivity contribution in [2.24, 2.45) is 0 Å². The lowest BCUT2D eigenvalue weighted by molar-refractivity contribution is -0.129. The van der Waals surface area contributed by atoms with Gasteiger partial charge in [-0.3, -0.25) is 9.78 Å². The zero-order valence-electron chi connectivity index (χ0n) is 14.4. The zero-order valence-corrected chi connectivity index (χ0v) is 14.4. The molecule has 2 heterocycles. The first-order chi connectivity index (χ1) is 12.0. The molecule has 1 amide bonds. The molecule has 1 saturated heterocycles. The van der Waals surface area contributed by atoms with Crippen LogP contribution in [0.25, 0.3) is 0 Å². The highest BCUT2D eigenvalue weighted by atomic mass is 19.1. The topological polar surface area (TPSA) is 58.6 Å². The summed E-state index contributed by atoms with van der Waals surface area (Å²) in [6.45, 7) is 1.07. The Balaban J connectivity index is 1.57. The van der Waals surface area contributed by atoms with Crippen molar-refractivity contribution in [2.45, 2.75) is 18.9 Å². The number of aromatic nitrogens is 2. The van der Waals surface area contributed by atoms with Crippen LogP contribution in [-0.2, 0) is 11.2 Å². The summed E-state index contributed by atoms with van der Waals surface area (Å²) in [6, 6.07) is 6.36. The fourth-order valence-corrected chi connectivity index (χ4v) is 2.75. The molecule has 1 aromatic carbocycles. The normalized spacial score (nSPS) is 16.8. The first-order valence-corrected chi connectivity index (χ1v) is 8.20. The minimum atomic E-state index is -0.348. The van der Waals surface area contributed by atoms with Gasteiger partial charge in [0.15, 0.2) is 5.82 Å². The molecule has 132 valence electrons. The Morgan fingerprint density at radius 2 is 2.16 bits per heavy atom. The predicted molar refractivity (Wildman–Crippen MR) is 92.1 cm³/mol. The van der Waals surface area contributed by atoms with E-state index in [9.17, 15) is 9.18 Å². The van der Waals surface area contributed by atoms with E-state index in [0.29, 0.717) is 30.4 Å². The second kappa shape index (κ2) is 7.46. The number of hydrogen-bond acceptors (Lipinski definition) is 5. The largest absolute Gasteiger partial charge is 0.471 e. The molecule has 0 radical (unpaired) electrons. The molecule has 0 aliphatic carbocycles. The van der Waals surface area contributed by atoms with Gasteiger partial charge in [-0.15, -0.1) is 0 Å². The number of hydrogen-bond donors (Lipinski definition) is 0. The van der Waals surface area contributed by atoms with Gasteiger partial charge in [-0.1, -0.05) is 18.2 Å². The third kappa shape index (κ3) is 4.23. The van der Waals surface area contributed by atoms with Gasteiger partial charge >= 0.3 is 0 Å². The van der Waals surface area contributed by atoms with Crippen LogP contribution in [0, 0.1) is 5.82 Å². The van der Waals surface area contributed by atoms with Crippen molar-refractivity contribution in [3.63, 3.8) is 0 Å². The lowest BCUT2D eigenvalue weighted by atomic mass is 10.1. The van der Waals surface area contributed by atoms with Gasteiger partial charge in [0.2, 0.25) is 11.8 Å².